The third-order valence-electron chi connectivity index (χ3n) is 4.81. The number of aryl methyl sites for hydroxylation is 1. The maximum Gasteiger partial charge on any atom is 0.387 e. The van der Waals surface area contributed by atoms with Gasteiger partial charge in [0.1, 0.15) is 5.75 Å². The molecular formula is C23H19F2N3O3S. The van der Waals surface area contributed by atoms with Crippen molar-refractivity contribution in [3.05, 3.63) is 77.6 Å². The van der Waals surface area contributed by atoms with Crippen LogP contribution in [0.15, 0.2) is 70.3 Å². The van der Waals surface area contributed by atoms with Crippen LogP contribution >= 0.6 is 11.8 Å². The Morgan fingerprint density at radius 1 is 1.09 bits per heavy atom. The first kappa shape index (κ1) is 21.8. The summed E-state index contributed by atoms with van der Waals surface area (Å²) in [7, 11) is 0. The first-order valence-electron chi connectivity index (χ1n) is 9.71. The fourth-order valence-corrected chi connectivity index (χ4v) is 4.03. The minimum atomic E-state index is -2.89. The first-order chi connectivity index (χ1) is 15.4. The Bertz CT molecular complexity index is 1220. The van der Waals surface area contributed by atoms with Crippen LogP contribution < -0.4 is 4.74 Å². The van der Waals surface area contributed by atoms with Gasteiger partial charge in [-0.15, -0.1) is 10.2 Å². The highest BCUT2D eigenvalue weighted by Crippen LogP contribution is 2.27. The number of hydrogen-bond donors (Lipinski definition) is 0. The number of ketones is 1. The molecule has 0 spiro atoms. The maximum absolute atomic E-state index is 12.8. The highest BCUT2D eigenvalue weighted by molar-refractivity contribution is 7.99. The zero-order valence-corrected chi connectivity index (χ0v) is 18.1. The van der Waals surface area contributed by atoms with E-state index in [4.69, 9.17) is 4.42 Å². The Morgan fingerprint density at radius 3 is 2.50 bits per heavy atom. The van der Waals surface area contributed by atoms with Crippen molar-refractivity contribution in [2.45, 2.75) is 25.7 Å². The predicted octanol–water partition coefficient (Wildman–Crippen LogP) is 5.72. The van der Waals surface area contributed by atoms with E-state index in [1.165, 1.54) is 12.1 Å². The van der Waals surface area contributed by atoms with E-state index in [1.54, 1.807) is 12.1 Å². The molecule has 9 heteroatoms. The third-order valence-corrected chi connectivity index (χ3v) is 5.62. The number of halogens is 2. The molecule has 0 amide bonds. The van der Waals surface area contributed by atoms with Crippen molar-refractivity contribution < 1.29 is 22.7 Å². The van der Waals surface area contributed by atoms with E-state index in [9.17, 15) is 13.6 Å². The lowest BCUT2D eigenvalue weighted by Crippen LogP contribution is -2.05. The molecule has 0 atom stereocenters. The van der Waals surface area contributed by atoms with Gasteiger partial charge in [0.25, 0.3) is 5.22 Å². The van der Waals surface area contributed by atoms with Gasteiger partial charge in [0.05, 0.1) is 5.75 Å². The van der Waals surface area contributed by atoms with Crippen molar-refractivity contribution >= 4 is 17.5 Å². The smallest absolute Gasteiger partial charge is 0.387 e. The monoisotopic (exact) mass is 455 g/mol. The second kappa shape index (κ2) is 9.35. The van der Waals surface area contributed by atoms with Gasteiger partial charge in [0.15, 0.2) is 5.78 Å². The summed E-state index contributed by atoms with van der Waals surface area (Å²) in [6.45, 7) is 0.998. The summed E-state index contributed by atoms with van der Waals surface area (Å²) >= 11 is 1.15. The predicted molar refractivity (Wildman–Crippen MR) is 117 cm³/mol. The van der Waals surface area contributed by atoms with Crippen molar-refractivity contribution in [3.63, 3.8) is 0 Å². The molecule has 0 aliphatic carbocycles. The van der Waals surface area contributed by atoms with Crippen LogP contribution in [-0.4, -0.2) is 32.9 Å². The second-order valence-corrected chi connectivity index (χ2v) is 7.87. The van der Waals surface area contributed by atoms with Gasteiger partial charge in [-0.1, -0.05) is 30.0 Å². The molecule has 0 N–H and O–H groups in total. The van der Waals surface area contributed by atoms with Gasteiger partial charge in [0.2, 0.25) is 5.89 Å². The molecule has 2 heterocycles. The first-order valence-corrected chi connectivity index (χ1v) is 10.7. The summed E-state index contributed by atoms with van der Waals surface area (Å²) < 4.78 is 36.5. The fraction of sp³-hybridized carbons (Fsp3) is 0.174. The van der Waals surface area contributed by atoms with Gasteiger partial charge in [-0.05, 0) is 56.3 Å². The topological polar surface area (TPSA) is 70.2 Å². The zero-order chi connectivity index (χ0) is 22.7. The number of aromatic nitrogens is 3. The summed E-state index contributed by atoms with van der Waals surface area (Å²) in [5, 5.41) is 8.17. The fourth-order valence-electron chi connectivity index (χ4n) is 3.39. The van der Waals surface area contributed by atoms with E-state index < -0.39 is 6.61 Å². The number of benzene rings is 2. The third kappa shape index (κ3) is 4.72. The van der Waals surface area contributed by atoms with Crippen LogP contribution in [0, 0.1) is 13.8 Å². The number of carbonyl (C=O) groups excluding carboxylic acids is 1. The second-order valence-electron chi connectivity index (χ2n) is 6.94. The van der Waals surface area contributed by atoms with E-state index in [-0.39, 0.29) is 28.4 Å². The average Bonchev–Trinajstić information content (AvgIpc) is 3.37. The van der Waals surface area contributed by atoms with Gasteiger partial charge in [-0.3, -0.25) is 4.79 Å². The van der Waals surface area contributed by atoms with Gasteiger partial charge >= 0.3 is 6.61 Å². The largest absolute Gasteiger partial charge is 0.435 e. The summed E-state index contributed by atoms with van der Waals surface area (Å²) in [5.74, 6) is 0.364. The molecule has 0 saturated heterocycles. The number of ether oxygens (including phenoxy) is 1. The molecule has 6 nitrogen and oxygen atoms in total. The standard InChI is InChI=1S/C23H19F2N3O3S/c1-14-12-19(15(2)28(14)17-6-4-3-5-7-17)20(29)13-32-23-27-26-21(31-23)16-8-10-18(11-9-16)30-22(24)25/h3-12,22H,13H2,1-2H3. The normalized spacial score (nSPS) is 11.2. The lowest BCUT2D eigenvalue weighted by molar-refractivity contribution is -0.0498. The number of rotatable bonds is 8. The number of para-hydroxylation sites is 1. The Morgan fingerprint density at radius 2 is 1.81 bits per heavy atom. The van der Waals surface area contributed by atoms with E-state index in [0.29, 0.717) is 11.1 Å². The van der Waals surface area contributed by atoms with Gasteiger partial charge < -0.3 is 13.7 Å². The molecule has 0 bridgehead atoms. The average molecular weight is 455 g/mol. The number of thioether (sulfide) groups is 1. The Kier molecular flexibility index (Phi) is 6.36. The Labute approximate surface area is 187 Å². The van der Waals surface area contributed by atoms with Crippen LogP contribution in [0.4, 0.5) is 8.78 Å². The molecule has 0 unspecified atom stereocenters. The van der Waals surface area contributed by atoms with E-state index >= 15 is 0 Å². The lowest BCUT2D eigenvalue weighted by Gasteiger charge is -2.09. The van der Waals surface area contributed by atoms with Crippen LogP contribution in [0.1, 0.15) is 21.7 Å². The number of alkyl halides is 2. The van der Waals surface area contributed by atoms with E-state index in [0.717, 1.165) is 28.8 Å². The summed E-state index contributed by atoms with van der Waals surface area (Å²) in [4.78, 5) is 12.8. The molecule has 2 aromatic carbocycles. The lowest BCUT2D eigenvalue weighted by atomic mass is 10.2. The van der Waals surface area contributed by atoms with Crippen LogP contribution in [0.5, 0.6) is 5.75 Å². The molecule has 4 aromatic rings. The molecule has 0 saturated carbocycles. The summed E-state index contributed by atoms with van der Waals surface area (Å²) in [6, 6.07) is 17.6. The van der Waals surface area contributed by atoms with Gasteiger partial charge in [-0.25, -0.2) is 0 Å². The summed E-state index contributed by atoms with van der Waals surface area (Å²) in [6.07, 6.45) is 0. The minimum absolute atomic E-state index is 0.0385. The minimum Gasteiger partial charge on any atom is -0.435 e. The molecule has 164 valence electrons. The Hall–Kier alpha value is -3.46. The van der Waals surface area contributed by atoms with Crippen molar-refractivity contribution in [3.8, 4) is 22.9 Å². The molecule has 0 radical (unpaired) electrons. The molecule has 2 aromatic heterocycles. The molecule has 4 rings (SSSR count). The van der Waals surface area contributed by atoms with E-state index in [1.807, 2.05) is 54.8 Å². The quantitative estimate of drug-likeness (QED) is 0.250. The number of Topliss-reactive ketones (excluding diaryl/α,β-unsaturated/α-hetero) is 1. The number of nitrogens with zero attached hydrogens (tertiary/aromatic N) is 3. The molecule has 0 aliphatic heterocycles. The maximum atomic E-state index is 12.8. The number of carbonyl (C=O) groups is 1. The highest BCUT2D eigenvalue weighted by Gasteiger charge is 2.18. The molecule has 32 heavy (non-hydrogen) atoms. The van der Waals surface area contributed by atoms with Crippen LogP contribution in [0.25, 0.3) is 17.1 Å². The van der Waals surface area contributed by atoms with Crippen LogP contribution in [0.2, 0.25) is 0 Å². The van der Waals surface area contributed by atoms with Crippen molar-refractivity contribution in [2.24, 2.45) is 0 Å². The van der Waals surface area contributed by atoms with E-state index in [2.05, 4.69) is 14.9 Å². The SMILES string of the molecule is Cc1cc(C(=O)CSc2nnc(-c3ccc(OC(F)F)cc3)o2)c(C)n1-c1ccccc1. The van der Waals surface area contributed by atoms with Gasteiger partial charge in [0, 0.05) is 28.2 Å². The number of hydrogen-bond acceptors (Lipinski definition) is 6. The van der Waals surface area contributed by atoms with Crippen LogP contribution in [0.3, 0.4) is 0 Å². The zero-order valence-electron chi connectivity index (χ0n) is 17.3. The summed E-state index contributed by atoms with van der Waals surface area (Å²) in [5.41, 5.74) is 4.05. The molecule has 0 fully saturated rings. The van der Waals surface area contributed by atoms with Crippen molar-refractivity contribution in [1.29, 1.82) is 0 Å². The molecule has 0 aliphatic rings. The molecular weight excluding hydrogens is 436 g/mol. The van der Waals surface area contributed by atoms with Crippen LogP contribution in [-0.2, 0) is 0 Å². The van der Waals surface area contributed by atoms with Crippen molar-refractivity contribution in [2.75, 3.05) is 5.75 Å². The highest BCUT2D eigenvalue weighted by atomic mass is 32.2. The van der Waals surface area contributed by atoms with Crippen molar-refractivity contribution in [1.82, 2.24) is 14.8 Å². The van der Waals surface area contributed by atoms with Gasteiger partial charge in [-0.2, -0.15) is 8.78 Å². The Balaban J connectivity index is 1.43.